The van der Waals surface area contributed by atoms with E-state index < -0.39 is 17.1 Å². The molecule has 0 bridgehead atoms. The highest BCUT2D eigenvalue weighted by atomic mass is 79.9. The van der Waals surface area contributed by atoms with Crippen molar-refractivity contribution >= 4 is 15.9 Å². The van der Waals surface area contributed by atoms with Crippen LogP contribution < -0.4 is 9.47 Å². The number of ether oxygens (including phenoxy) is 2. The third kappa shape index (κ3) is 3.92. The van der Waals surface area contributed by atoms with Gasteiger partial charge in [0.25, 0.3) is 5.92 Å². The van der Waals surface area contributed by atoms with Crippen LogP contribution >= 0.6 is 15.9 Å². The zero-order valence-electron chi connectivity index (χ0n) is 19.5. The lowest BCUT2D eigenvalue weighted by Gasteiger charge is -2.40. The number of rotatable bonds is 3. The van der Waals surface area contributed by atoms with Crippen molar-refractivity contribution in [2.75, 3.05) is 27.2 Å². The number of fused-ring (bicyclic) bond motifs is 3. The maximum absolute atomic E-state index is 12.2. The summed E-state index contributed by atoms with van der Waals surface area (Å²) in [5.74, 6) is -1.23. The fourth-order valence-corrected chi connectivity index (χ4v) is 6.02. The number of halogens is 3. The number of aromatic nitrogens is 1. The van der Waals surface area contributed by atoms with E-state index in [0.29, 0.717) is 23.5 Å². The molecule has 184 valence electrons. The Bertz CT molecular complexity index is 1200. The molecule has 3 aliphatic rings. The Morgan fingerprint density at radius 3 is 2.34 bits per heavy atom. The molecule has 1 N–H and O–H groups in total. The van der Waals surface area contributed by atoms with Crippen LogP contribution in [0, 0.1) is 0 Å². The van der Waals surface area contributed by atoms with Crippen LogP contribution in [0.5, 0.6) is 11.5 Å². The number of alkyl halides is 2. The Kier molecular flexibility index (Phi) is 6.10. The summed E-state index contributed by atoms with van der Waals surface area (Å²) in [7, 11) is 3.28. The SMILES string of the molecule is CN1CC(F)(F)C1.COc1cncc2c1C1(O)CCC(c3ccccc3)C1(c1ccc(Br)cc1)O2. The van der Waals surface area contributed by atoms with Crippen molar-refractivity contribution in [3.05, 3.63) is 88.2 Å². The first kappa shape index (κ1) is 24.2. The van der Waals surface area contributed by atoms with Crippen LogP contribution in [0.1, 0.15) is 35.4 Å². The van der Waals surface area contributed by atoms with Gasteiger partial charge in [0.1, 0.15) is 17.1 Å². The van der Waals surface area contributed by atoms with E-state index in [0.717, 1.165) is 22.0 Å². The summed E-state index contributed by atoms with van der Waals surface area (Å²) in [6.07, 6.45) is 4.71. The van der Waals surface area contributed by atoms with E-state index in [2.05, 4.69) is 33.0 Å². The van der Waals surface area contributed by atoms with Crippen molar-refractivity contribution in [2.45, 2.75) is 35.9 Å². The third-order valence-corrected chi connectivity index (χ3v) is 7.69. The monoisotopic (exact) mass is 544 g/mol. The minimum Gasteiger partial charge on any atom is -0.495 e. The average molecular weight is 545 g/mol. The highest BCUT2D eigenvalue weighted by Crippen LogP contribution is 2.67. The van der Waals surface area contributed by atoms with Gasteiger partial charge in [0.15, 0.2) is 5.60 Å². The van der Waals surface area contributed by atoms with Gasteiger partial charge in [-0.2, -0.15) is 0 Å². The molecule has 0 radical (unpaired) electrons. The smallest absolute Gasteiger partial charge is 0.272 e. The molecule has 35 heavy (non-hydrogen) atoms. The molecule has 2 fully saturated rings. The second-order valence-corrected chi connectivity index (χ2v) is 10.4. The number of hydrogen-bond acceptors (Lipinski definition) is 5. The van der Waals surface area contributed by atoms with Crippen molar-refractivity contribution in [3.63, 3.8) is 0 Å². The fourth-order valence-electron chi connectivity index (χ4n) is 5.76. The van der Waals surface area contributed by atoms with Gasteiger partial charge in [-0.15, -0.1) is 0 Å². The van der Waals surface area contributed by atoms with Crippen LogP contribution in [0.15, 0.2) is 71.5 Å². The maximum atomic E-state index is 12.2. The van der Waals surface area contributed by atoms with E-state index in [9.17, 15) is 13.9 Å². The van der Waals surface area contributed by atoms with E-state index >= 15 is 0 Å². The van der Waals surface area contributed by atoms with E-state index in [1.54, 1.807) is 31.5 Å². The summed E-state index contributed by atoms with van der Waals surface area (Å²) < 4.78 is 36.7. The predicted molar refractivity (Wildman–Crippen MR) is 132 cm³/mol. The van der Waals surface area contributed by atoms with Crippen molar-refractivity contribution < 1.29 is 23.4 Å². The van der Waals surface area contributed by atoms with Gasteiger partial charge >= 0.3 is 0 Å². The standard InChI is InChI=1S/C23H20BrNO3.C4H7F2N/c1-27-19-13-25-14-20-21(19)22(26)12-11-18(15-5-3-2-4-6-15)23(22,28-20)16-7-9-17(24)10-8-16;1-7-2-4(5,6)3-7/h2-10,13-14,18,26H,11-12H2,1H3;2-3H2,1H3. The van der Waals surface area contributed by atoms with Gasteiger partial charge in [-0.3, -0.25) is 9.88 Å². The minimum atomic E-state index is -2.38. The first-order chi connectivity index (χ1) is 16.7. The molecule has 2 aromatic carbocycles. The van der Waals surface area contributed by atoms with Gasteiger partial charge in [-0.25, -0.2) is 8.78 Å². The zero-order chi connectivity index (χ0) is 24.8. The Balaban J connectivity index is 0.000000313. The molecule has 3 aromatic rings. The topological polar surface area (TPSA) is 54.8 Å². The van der Waals surface area contributed by atoms with Crippen LogP contribution in [-0.4, -0.2) is 48.2 Å². The zero-order valence-corrected chi connectivity index (χ0v) is 21.1. The van der Waals surface area contributed by atoms with Gasteiger partial charge in [0.2, 0.25) is 0 Å². The van der Waals surface area contributed by atoms with Crippen LogP contribution in [0.25, 0.3) is 0 Å². The quantitative estimate of drug-likeness (QED) is 0.473. The molecule has 0 amide bonds. The second-order valence-electron chi connectivity index (χ2n) is 9.45. The van der Waals surface area contributed by atoms with Crippen molar-refractivity contribution in [2.24, 2.45) is 0 Å². The number of likely N-dealkylation sites (tertiary alicyclic amines) is 1. The lowest BCUT2D eigenvalue weighted by molar-refractivity contribution is -0.119. The largest absolute Gasteiger partial charge is 0.495 e. The lowest BCUT2D eigenvalue weighted by atomic mass is 9.72. The minimum absolute atomic E-state index is 0.00279. The molecule has 1 aliphatic carbocycles. The Morgan fingerprint density at radius 1 is 1.09 bits per heavy atom. The molecule has 1 saturated carbocycles. The van der Waals surface area contributed by atoms with Gasteiger partial charge in [-0.05, 0) is 43.1 Å². The van der Waals surface area contributed by atoms with E-state index in [1.807, 2.05) is 42.5 Å². The molecule has 3 heterocycles. The highest BCUT2D eigenvalue weighted by Gasteiger charge is 2.69. The first-order valence-corrected chi connectivity index (χ1v) is 12.3. The van der Waals surface area contributed by atoms with Crippen LogP contribution in [0.4, 0.5) is 8.78 Å². The van der Waals surface area contributed by atoms with Crippen molar-refractivity contribution in [3.8, 4) is 11.5 Å². The van der Waals surface area contributed by atoms with Gasteiger partial charge in [0, 0.05) is 10.4 Å². The normalized spacial score (nSPS) is 28.1. The number of nitrogens with zero attached hydrogens (tertiary/aromatic N) is 2. The average Bonchev–Trinajstić information content (AvgIpc) is 3.26. The third-order valence-electron chi connectivity index (χ3n) is 7.16. The van der Waals surface area contributed by atoms with Gasteiger partial charge in [-0.1, -0.05) is 58.4 Å². The number of hydrogen-bond donors (Lipinski definition) is 1. The molecule has 2 aliphatic heterocycles. The predicted octanol–water partition coefficient (Wildman–Crippen LogP) is 5.47. The van der Waals surface area contributed by atoms with E-state index in [1.165, 1.54) is 0 Å². The van der Waals surface area contributed by atoms with Crippen LogP contribution in [0.3, 0.4) is 0 Å². The molecule has 5 nitrogen and oxygen atoms in total. The van der Waals surface area contributed by atoms with E-state index in [4.69, 9.17) is 9.47 Å². The number of benzene rings is 2. The summed E-state index contributed by atoms with van der Waals surface area (Å²) in [5, 5.41) is 12.2. The summed E-state index contributed by atoms with van der Waals surface area (Å²) in [5.41, 5.74) is 0.661. The van der Waals surface area contributed by atoms with Gasteiger partial charge in [0.05, 0.1) is 38.2 Å². The molecule has 8 heteroatoms. The Labute approximate surface area is 211 Å². The molecule has 0 spiro atoms. The summed E-state index contributed by atoms with van der Waals surface area (Å²) in [6, 6.07) is 18.3. The Hall–Kier alpha value is -2.55. The molecule has 3 unspecified atom stereocenters. The van der Waals surface area contributed by atoms with Crippen LogP contribution in [0.2, 0.25) is 0 Å². The maximum Gasteiger partial charge on any atom is 0.272 e. The summed E-state index contributed by atoms with van der Waals surface area (Å²) >= 11 is 3.52. The molecule has 1 saturated heterocycles. The number of methoxy groups -OCH3 is 1. The van der Waals surface area contributed by atoms with E-state index in [-0.39, 0.29) is 19.0 Å². The van der Waals surface area contributed by atoms with Crippen molar-refractivity contribution in [1.82, 2.24) is 9.88 Å². The fraction of sp³-hybridized carbons (Fsp3) is 0.370. The lowest BCUT2D eigenvalue weighted by Crippen LogP contribution is -2.53. The van der Waals surface area contributed by atoms with Crippen LogP contribution in [-0.2, 0) is 11.2 Å². The summed E-state index contributed by atoms with van der Waals surface area (Å²) in [6.45, 7) is -0.125. The van der Waals surface area contributed by atoms with Gasteiger partial charge < -0.3 is 14.6 Å². The first-order valence-electron chi connectivity index (χ1n) is 11.5. The summed E-state index contributed by atoms with van der Waals surface area (Å²) in [4.78, 5) is 5.84. The second kappa shape index (κ2) is 8.84. The van der Waals surface area contributed by atoms with Crippen molar-refractivity contribution in [1.29, 1.82) is 0 Å². The molecule has 3 atom stereocenters. The molecular weight excluding hydrogens is 518 g/mol. The molecule has 1 aromatic heterocycles. The molecular formula is C27H27BrF2N2O3. The number of pyridine rings is 1. The highest BCUT2D eigenvalue weighted by molar-refractivity contribution is 9.10. The molecule has 6 rings (SSSR count). The number of aliphatic hydroxyl groups is 1. The Morgan fingerprint density at radius 2 is 1.77 bits per heavy atom.